The summed E-state index contributed by atoms with van der Waals surface area (Å²) < 4.78 is 0. The highest BCUT2D eigenvalue weighted by Crippen LogP contribution is 2.22. The second-order valence-corrected chi connectivity index (χ2v) is 5.28. The third kappa shape index (κ3) is 3.65. The average molecular weight is 292 g/mol. The Morgan fingerprint density at radius 3 is 2.48 bits per heavy atom. The van der Waals surface area contributed by atoms with Gasteiger partial charge in [-0.1, -0.05) is 0 Å². The fourth-order valence-corrected chi connectivity index (χ4v) is 2.44. The van der Waals surface area contributed by atoms with Crippen molar-refractivity contribution in [2.75, 3.05) is 13.1 Å². The van der Waals surface area contributed by atoms with E-state index in [4.69, 9.17) is 0 Å². The largest absolute Gasteiger partial charge is 0.508 e. The molecule has 1 heterocycles. The van der Waals surface area contributed by atoms with Crippen LogP contribution in [0.5, 0.6) is 11.5 Å². The van der Waals surface area contributed by atoms with Gasteiger partial charge in [0.2, 0.25) is 5.91 Å². The van der Waals surface area contributed by atoms with E-state index in [1.807, 2.05) is 0 Å². The maximum atomic E-state index is 12.2. The summed E-state index contributed by atoms with van der Waals surface area (Å²) in [6.07, 6.45) is 3.11. The van der Waals surface area contributed by atoms with Gasteiger partial charge in [-0.15, -0.1) is 0 Å². The first-order valence-corrected chi connectivity index (χ1v) is 7.10. The lowest BCUT2D eigenvalue weighted by Gasteiger charge is -2.29. The molecule has 0 bridgehead atoms. The van der Waals surface area contributed by atoms with E-state index in [0.717, 1.165) is 38.4 Å². The van der Waals surface area contributed by atoms with E-state index in [2.05, 4.69) is 5.32 Å². The standard InChI is InChI=1S/C15H20N2O4/c1-10(15(21)17-7-3-2-4-8-17)16-14(20)12-6-5-11(18)9-13(12)19/h5-6,9-10,18-19H,2-4,7-8H2,1H3,(H,16,20). The number of hydrogen-bond donors (Lipinski definition) is 3. The summed E-state index contributed by atoms with van der Waals surface area (Å²) in [5.74, 6) is -1.08. The molecular formula is C15H20N2O4. The first kappa shape index (κ1) is 15.2. The van der Waals surface area contributed by atoms with Crippen LogP contribution >= 0.6 is 0 Å². The van der Waals surface area contributed by atoms with Gasteiger partial charge in [-0.25, -0.2) is 0 Å². The monoisotopic (exact) mass is 292 g/mol. The van der Waals surface area contributed by atoms with E-state index in [0.29, 0.717) is 0 Å². The molecule has 1 unspecified atom stereocenters. The summed E-state index contributed by atoms with van der Waals surface area (Å²) in [6.45, 7) is 3.08. The van der Waals surface area contributed by atoms with Crippen LogP contribution < -0.4 is 5.32 Å². The molecule has 0 aromatic heterocycles. The Morgan fingerprint density at radius 2 is 1.86 bits per heavy atom. The number of aromatic hydroxyl groups is 2. The van der Waals surface area contributed by atoms with Gasteiger partial charge in [0, 0.05) is 19.2 Å². The summed E-state index contributed by atoms with van der Waals surface area (Å²) >= 11 is 0. The van der Waals surface area contributed by atoms with E-state index in [9.17, 15) is 19.8 Å². The Hall–Kier alpha value is -2.24. The normalized spacial score (nSPS) is 16.3. The maximum absolute atomic E-state index is 12.2. The van der Waals surface area contributed by atoms with Crippen molar-refractivity contribution in [3.63, 3.8) is 0 Å². The zero-order valence-corrected chi connectivity index (χ0v) is 12.0. The molecule has 1 atom stereocenters. The molecule has 1 saturated heterocycles. The van der Waals surface area contributed by atoms with Crippen LogP contribution in [0.1, 0.15) is 36.5 Å². The van der Waals surface area contributed by atoms with Gasteiger partial charge >= 0.3 is 0 Å². The third-order valence-electron chi connectivity index (χ3n) is 3.61. The van der Waals surface area contributed by atoms with Crippen LogP contribution in [0.4, 0.5) is 0 Å². The van der Waals surface area contributed by atoms with Crippen molar-refractivity contribution in [2.24, 2.45) is 0 Å². The lowest BCUT2D eigenvalue weighted by molar-refractivity contribution is -0.133. The maximum Gasteiger partial charge on any atom is 0.255 e. The van der Waals surface area contributed by atoms with Crippen LogP contribution in [0, 0.1) is 0 Å². The van der Waals surface area contributed by atoms with Gasteiger partial charge < -0.3 is 20.4 Å². The number of hydrogen-bond acceptors (Lipinski definition) is 4. The molecule has 2 amide bonds. The van der Waals surface area contributed by atoms with Gasteiger partial charge in [-0.05, 0) is 38.3 Å². The molecule has 2 rings (SSSR count). The molecular weight excluding hydrogens is 272 g/mol. The first-order valence-electron chi connectivity index (χ1n) is 7.10. The number of benzene rings is 1. The Bertz CT molecular complexity index is 538. The second kappa shape index (κ2) is 6.47. The minimum Gasteiger partial charge on any atom is -0.508 e. The number of nitrogens with one attached hydrogen (secondary N) is 1. The number of amides is 2. The summed E-state index contributed by atoms with van der Waals surface area (Å²) in [7, 11) is 0. The van der Waals surface area contributed by atoms with E-state index in [1.54, 1.807) is 11.8 Å². The Morgan fingerprint density at radius 1 is 1.19 bits per heavy atom. The highest BCUT2D eigenvalue weighted by molar-refractivity contribution is 5.99. The molecule has 0 radical (unpaired) electrons. The molecule has 1 aliphatic heterocycles. The number of carbonyl (C=O) groups excluding carboxylic acids is 2. The average Bonchev–Trinajstić information content (AvgIpc) is 2.47. The van der Waals surface area contributed by atoms with Crippen LogP contribution in [0.15, 0.2) is 18.2 Å². The van der Waals surface area contributed by atoms with Gasteiger partial charge in [0.05, 0.1) is 5.56 Å². The van der Waals surface area contributed by atoms with Gasteiger partial charge in [0.25, 0.3) is 5.91 Å². The van der Waals surface area contributed by atoms with Gasteiger partial charge in [-0.3, -0.25) is 9.59 Å². The van der Waals surface area contributed by atoms with Crippen molar-refractivity contribution < 1.29 is 19.8 Å². The number of likely N-dealkylation sites (tertiary alicyclic amines) is 1. The Kier molecular flexibility index (Phi) is 4.67. The van der Waals surface area contributed by atoms with Crippen molar-refractivity contribution in [1.82, 2.24) is 10.2 Å². The van der Waals surface area contributed by atoms with E-state index < -0.39 is 11.9 Å². The lowest BCUT2D eigenvalue weighted by Crippen LogP contribution is -2.48. The van der Waals surface area contributed by atoms with Crippen molar-refractivity contribution in [3.05, 3.63) is 23.8 Å². The van der Waals surface area contributed by atoms with Crippen molar-refractivity contribution in [2.45, 2.75) is 32.2 Å². The molecule has 0 spiro atoms. The quantitative estimate of drug-likeness (QED) is 0.781. The number of phenols is 2. The smallest absolute Gasteiger partial charge is 0.255 e. The summed E-state index contributed by atoms with van der Waals surface area (Å²) in [6, 6.07) is 3.07. The third-order valence-corrected chi connectivity index (χ3v) is 3.61. The molecule has 1 aliphatic rings. The van der Waals surface area contributed by atoms with Gasteiger partial charge in [-0.2, -0.15) is 0 Å². The fourth-order valence-electron chi connectivity index (χ4n) is 2.44. The SMILES string of the molecule is CC(NC(=O)c1ccc(O)cc1O)C(=O)N1CCCCC1. The predicted molar refractivity (Wildman–Crippen MR) is 77.1 cm³/mol. The van der Waals surface area contributed by atoms with E-state index in [1.165, 1.54) is 12.1 Å². The molecule has 1 fully saturated rings. The summed E-state index contributed by atoms with van der Waals surface area (Å²) in [5.41, 5.74) is 0.0334. The second-order valence-electron chi connectivity index (χ2n) is 5.28. The Balaban J connectivity index is 1.99. The van der Waals surface area contributed by atoms with Crippen molar-refractivity contribution in [1.29, 1.82) is 0 Å². The predicted octanol–water partition coefficient (Wildman–Crippen LogP) is 1.23. The number of phenolic OH excluding ortho intramolecular Hbond substituents is 2. The molecule has 3 N–H and O–H groups in total. The number of carbonyl (C=O) groups is 2. The number of piperidine rings is 1. The summed E-state index contributed by atoms with van der Waals surface area (Å²) in [4.78, 5) is 26.0. The van der Waals surface area contributed by atoms with Crippen LogP contribution in [0.25, 0.3) is 0 Å². The van der Waals surface area contributed by atoms with Crippen LogP contribution in [0.3, 0.4) is 0 Å². The number of nitrogens with zero attached hydrogens (tertiary/aromatic N) is 1. The molecule has 0 aliphatic carbocycles. The molecule has 1 aromatic rings. The van der Waals surface area contributed by atoms with Gasteiger partial charge in [0.15, 0.2) is 0 Å². The molecule has 21 heavy (non-hydrogen) atoms. The zero-order valence-electron chi connectivity index (χ0n) is 12.0. The minimum absolute atomic E-state index is 0.0334. The first-order chi connectivity index (χ1) is 9.99. The minimum atomic E-state index is -0.649. The fraction of sp³-hybridized carbons (Fsp3) is 0.467. The van der Waals surface area contributed by atoms with Crippen molar-refractivity contribution in [3.8, 4) is 11.5 Å². The summed E-state index contributed by atoms with van der Waals surface area (Å²) in [5, 5.41) is 21.4. The van der Waals surface area contributed by atoms with E-state index >= 15 is 0 Å². The topological polar surface area (TPSA) is 89.9 Å². The molecule has 1 aromatic carbocycles. The van der Waals surface area contributed by atoms with E-state index in [-0.39, 0.29) is 23.0 Å². The highest BCUT2D eigenvalue weighted by Gasteiger charge is 2.24. The Labute approximate surface area is 123 Å². The van der Waals surface area contributed by atoms with Crippen LogP contribution in [-0.2, 0) is 4.79 Å². The number of rotatable bonds is 3. The van der Waals surface area contributed by atoms with Crippen LogP contribution in [0.2, 0.25) is 0 Å². The molecule has 114 valence electrons. The molecule has 6 heteroatoms. The molecule has 0 saturated carbocycles. The van der Waals surface area contributed by atoms with Crippen molar-refractivity contribution >= 4 is 11.8 Å². The van der Waals surface area contributed by atoms with Crippen LogP contribution in [-0.4, -0.2) is 46.1 Å². The highest BCUT2D eigenvalue weighted by atomic mass is 16.3. The lowest BCUT2D eigenvalue weighted by atomic mass is 10.1. The van der Waals surface area contributed by atoms with Gasteiger partial charge in [0.1, 0.15) is 17.5 Å². The zero-order chi connectivity index (χ0) is 15.4. The molecule has 6 nitrogen and oxygen atoms in total.